The van der Waals surface area contributed by atoms with E-state index < -0.39 is 0 Å². The lowest BCUT2D eigenvalue weighted by molar-refractivity contribution is 0.867. The molecule has 0 aliphatic heterocycles. The van der Waals surface area contributed by atoms with Gasteiger partial charge >= 0.3 is 0 Å². The normalized spacial score (nSPS) is 16.4. The van der Waals surface area contributed by atoms with Crippen molar-refractivity contribution < 1.29 is 0 Å². The quantitative estimate of drug-likeness (QED) is 0.646. The van der Waals surface area contributed by atoms with Crippen LogP contribution in [-0.4, -0.2) is 10.8 Å². The van der Waals surface area contributed by atoms with Crippen LogP contribution in [0.3, 0.4) is 0 Å². The number of anilines is 1. The summed E-state index contributed by atoms with van der Waals surface area (Å²) in [5, 5.41) is 7.96. The average Bonchev–Trinajstić information content (AvgIpc) is 2.83. The Balaban J connectivity index is 1.88. The van der Waals surface area contributed by atoms with Crippen LogP contribution < -0.4 is 10.7 Å². The van der Waals surface area contributed by atoms with Crippen molar-refractivity contribution in [2.24, 2.45) is 5.10 Å². The molecule has 0 unspecified atom stereocenters. The van der Waals surface area contributed by atoms with E-state index in [4.69, 9.17) is 12.2 Å². The Labute approximate surface area is 126 Å². The van der Waals surface area contributed by atoms with Gasteiger partial charge in [0, 0.05) is 5.69 Å². The van der Waals surface area contributed by atoms with Crippen molar-refractivity contribution in [2.45, 2.75) is 39.5 Å². The monoisotopic (exact) mass is 287 g/mol. The molecule has 0 bridgehead atoms. The molecule has 0 saturated carbocycles. The van der Waals surface area contributed by atoms with E-state index in [1.54, 1.807) is 0 Å². The summed E-state index contributed by atoms with van der Waals surface area (Å²) in [7, 11) is 0. The third-order valence-electron chi connectivity index (χ3n) is 3.32. The Hall–Kier alpha value is -1.68. The van der Waals surface area contributed by atoms with E-state index >= 15 is 0 Å². The minimum absolute atomic E-state index is 0.521. The first-order valence-electron chi connectivity index (χ1n) is 6.95. The highest BCUT2D eigenvalue weighted by molar-refractivity contribution is 7.80. The fourth-order valence-electron chi connectivity index (χ4n) is 2.08. The number of hydrazone groups is 1. The van der Waals surface area contributed by atoms with Crippen LogP contribution in [0.4, 0.5) is 5.69 Å². The molecule has 2 N–H and O–H groups in total. The first-order chi connectivity index (χ1) is 9.54. The number of allylic oxidation sites excluding steroid dienone is 2. The van der Waals surface area contributed by atoms with Crippen LogP contribution in [0.15, 0.2) is 41.0 Å². The first-order valence-corrected chi connectivity index (χ1v) is 7.36. The van der Waals surface area contributed by atoms with Crippen molar-refractivity contribution in [1.82, 2.24) is 5.43 Å². The number of thiocarbonyl (C=S) groups is 1. The average molecular weight is 287 g/mol. The second kappa shape index (κ2) is 6.66. The highest BCUT2D eigenvalue weighted by atomic mass is 32.1. The van der Waals surface area contributed by atoms with Crippen LogP contribution in [0, 0.1) is 0 Å². The minimum Gasteiger partial charge on any atom is -0.331 e. The number of benzene rings is 1. The molecule has 3 nitrogen and oxygen atoms in total. The molecule has 20 heavy (non-hydrogen) atoms. The molecule has 106 valence electrons. The molecular weight excluding hydrogens is 266 g/mol. The maximum atomic E-state index is 5.23. The molecule has 0 aromatic heterocycles. The van der Waals surface area contributed by atoms with Gasteiger partial charge in [0.15, 0.2) is 5.11 Å². The fourth-order valence-corrected chi connectivity index (χ4v) is 2.24. The van der Waals surface area contributed by atoms with E-state index in [2.05, 4.69) is 54.8 Å². The summed E-state index contributed by atoms with van der Waals surface area (Å²) in [4.78, 5) is 0. The molecule has 0 heterocycles. The summed E-state index contributed by atoms with van der Waals surface area (Å²) in [5.41, 5.74) is 7.62. The Morgan fingerprint density at radius 2 is 1.90 bits per heavy atom. The van der Waals surface area contributed by atoms with E-state index in [9.17, 15) is 0 Å². The Bertz CT molecular complexity index is 541. The highest BCUT2D eigenvalue weighted by Gasteiger charge is 2.06. The molecule has 1 aliphatic carbocycles. The maximum Gasteiger partial charge on any atom is 0.191 e. The van der Waals surface area contributed by atoms with Gasteiger partial charge in [-0.15, -0.1) is 0 Å². The lowest BCUT2D eigenvalue weighted by Crippen LogP contribution is -2.24. The number of nitrogens with zero attached hydrogens (tertiary/aromatic N) is 1. The van der Waals surface area contributed by atoms with Crippen molar-refractivity contribution in [2.75, 3.05) is 5.32 Å². The Kier molecular flexibility index (Phi) is 4.90. The van der Waals surface area contributed by atoms with Gasteiger partial charge in [-0.1, -0.05) is 31.6 Å². The Morgan fingerprint density at radius 1 is 1.20 bits per heavy atom. The van der Waals surface area contributed by atoms with Crippen LogP contribution in [0.5, 0.6) is 0 Å². The lowest BCUT2D eigenvalue weighted by atomic mass is 10.0. The topological polar surface area (TPSA) is 36.4 Å². The molecule has 1 aliphatic rings. The highest BCUT2D eigenvalue weighted by Crippen LogP contribution is 2.17. The lowest BCUT2D eigenvalue weighted by Gasteiger charge is -2.09. The van der Waals surface area contributed by atoms with Crippen LogP contribution in [-0.2, 0) is 0 Å². The standard InChI is InChI=1S/C16H21N3S/c1-11(2)13-5-8-14(9-6-13)17-16(20)19-18-15-7-4-12(3)10-15/h5-6,8-11H,4,7H2,1-3H3,(H2,17,19,20)/b18-15+. The van der Waals surface area contributed by atoms with Crippen molar-refractivity contribution in [3.63, 3.8) is 0 Å². The van der Waals surface area contributed by atoms with Crippen LogP contribution in [0.25, 0.3) is 0 Å². The van der Waals surface area contributed by atoms with Gasteiger partial charge in [-0.2, -0.15) is 5.10 Å². The second-order valence-electron chi connectivity index (χ2n) is 5.44. The predicted octanol–water partition coefficient (Wildman–Crippen LogP) is 4.19. The zero-order valence-corrected chi connectivity index (χ0v) is 13.1. The molecule has 0 spiro atoms. The van der Waals surface area contributed by atoms with Gasteiger partial charge < -0.3 is 5.32 Å². The number of hydrogen-bond acceptors (Lipinski definition) is 2. The SMILES string of the molecule is CC1=C/C(=N/NC(=S)Nc2ccc(C(C)C)cc2)CC1. The van der Waals surface area contributed by atoms with Gasteiger partial charge in [-0.25, -0.2) is 0 Å². The molecule has 0 saturated heterocycles. The minimum atomic E-state index is 0.521. The van der Waals surface area contributed by atoms with Gasteiger partial charge in [0.2, 0.25) is 0 Å². The first kappa shape index (κ1) is 14.7. The molecule has 1 aromatic carbocycles. The van der Waals surface area contributed by atoms with E-state index in [0.717, 1.165) is 24.2 Å². The van der Waals surface area contributed by atoms with E-state index in [-0.39, 0.29) is 0 Å². The molecule has 0 radical (unpaired) electrons. The fraction of sp³-hybridized carbons (Fsp3) is 0.375. The van der Waals surface area contributed by atoms with Gasteiger partial charge in [-0.3, -0.25) is 5.43 Å². The summed E-state index contributed by atoms with van der Waals surface area (Å²) in [6.07, 6.45) is 4.19. The van der Waals surface area contributed by atoms with E-state index in [1.807, 2.05) is 12.1 Å². The molecule has 0 amide bonds. The third kappa shape index (κ3) is 4.17. The molecule has 2 rings (SSSR count). The molecule has 0 fully saturated rings. The zero-order valence-electron chi connectivity index (χ0n) is 12.2. The summed E-state index contributed by atoms with van der Waals surface area (Å²) < 4.78 is 0. The van der Waals surface area contributed by atoms with Gasteiger partial charge in [0.05, 0.1) is 5.71 Å². The number of rotatable bonds is 3. The van der Waals surface area contributed by atoms with Crippen LogP contribution >= 0.6 is 12.2 Å². The van der Waals surface area contributed by atoms with Gasteiger partial charge in [-0.05, 0) is 61.7 Å². The summed E-state index contributed by atoms with van der Waals surface area (Å²) in [5.74, 6) is 0.540. The number of nitrogens with one attached hydrogen (secondary N) is 2. The van der Waals surface area contributed by atoms with Crippen molar-refractivity contribution in [1.29, 1.82) is 0 Å². The second-order valence-corrected chi connectivity index (χ2v) is 5.84. The van der Waals surface area contributed by atoms with Crippen molar-refractivity contribution in [3.05, 3.63) is 41.5 Å². The third-order valence-corrected chi connectivity index (χ3v) is 3.52. The molecule has 1 aromatic rings. The largest absolute Gasteiger partial charge is 0.331 e. The van der Waals surface area contributed by atoms with Crippen molar-refractivity contribution >= 4 is 28.7 Å². The zero-order chi connectivity index (χ0) is 14.5. The van der Waals surface area contributed by atoms with Gasteiger partial charge in [0.25, 0.3) is 0 Å². The summed E-state index contributed by atoms with van der Waals surface area (Å²) in [6.45, 7) is 6.49. The van der Waals surface area contributed by atoms with Gasteiger partial charge in [0.1, 0.15) is 0 Å². The predicted molar refractivity (Wildman–Crippen MR) is 90.3 cm³/mol. The molecular formula is C16H21N3S. The molecule has 0 atom stereocenters. The van der Waals surface area contributed by atoms with Crippen LogP contribution in [0.2, 0.25) is 0 Å². The maximum absolute atomic E-state index is 5.23. The summed E-state index contributed by atoms with van der Waals surface area (Å²) >= 11 is 5.23. The van der Waals surface area contributed by atoms with E-state index in [0.29, 0.717) is 11.0 Å². The Morgan fingerprint density at radius 3 is 2.45 bits per heavy atom. The smallest absolute Gasteiger partial charge is 0.191 e. The van der Waals surface area contributed by atoms with E-state index in [1.165, 1.54) is 11.1 Å². The van der Waals surface area contributed by atoms with Crippen LogP contribution in [0.1, 0.15) is 45.1 Å². The number of hydrogen-bond donors (Lipinski definition) is 2. The van der Waals surface area contributed by atoms with Crippen molar-refractivity contribution in [3.8, 4) is 0 Å². The molecule has 4 heteroatoms. The summed E-state index contributed by atoms with van der Waals surface area (Å²) in [6, 6.07) is 8.31.